The first-order valence-electron chi connectivity index (χ1n) is 8.69. The Balaban J connectivity index is 1.44. The second-order valence-electron chi connectivity index (χ2n) is 6.22. The van der Waals surface area contributed by atoms with Gasteiger partial charge in [-0.2, -0.15) is 0 Å². The van der Waals surface area contributed by atoms with Gasteiger partial charge in [0.25, 0.3) is 10.8 Å². The zero-order valence-electron chi connectivity index (χ0n) is 15.5. The van der Waals surface area contributed by atoms with Crippen molar-refractivity contribution in [2.75, 3.05) is 7.11 Å². The molecular weight excluding hydrogens is 376 g/mol. The molecule has 0 N–H and O–H groups in total. The highest BCUT2D eigenvalue weighted by atomic mass is 32.2. The highest BCUT2D eigenvalue weighted by molar-refractivity contribution is 7.98. The van der Waals surface area contributed by atoms with Gasteiger partial charge in [0, 0.05) is 17.5 Å². The lowest BCUT2D eigenvalue weighted by atomic mass is 10.1. The number of rotatable bonds is 6. The van der Waals surface area contributed by atoms with Crippen LogP contribution < -0.4 is 10.3 Å². The fraction of sp³-hybridized carbons (Fsp3) is 0.200. The molecule has 0 aliphatic heterocycles. The van der Waals surface area contributed by atoms with Gasteiger partial charge in [0.2, 0.25) is 5.89 Å². The molecule has 1 aromatic carbocycles. The van der Waals surface area contributed by atoms with Crippen molar-refractivity contribution in [3.63, 3.8) is 0 Å². The van der Waals surface area contributed by atoms with Crippen LogP contribution in [0.4, 0.5) is 0 Å². The number of nitrogens with zero attached hydrogens (tertiary/aromatic N) is 4. The van der Waals surface area contributed by atoms with E-state index < -0.39 is 0 Å². The maximum Gasteiger partial charge on any atom is 0.276 e. The van der Waals surface area contributed by atoms with Gasteiger partial charge in [-0.25, -0.2) is 4.98 Å². The number of ether oxygens (including phenoxy) is 1. The van der Waals surface area contributed by atoms with Crippen LogP contribution in [0.15, 0.2) is 63.0 Å². The lowest BCUT2D eigenvalue weighted by Crippen LogP contribution is -2.17. The van der Waals surface area contributed by atoms with Crippen LogP contribution in [-0.4, -0.2) is 26.7 Å². The van der Waals surface area contributed by atoms with Gasteiger partial charge in [-0.05, 0) is 36.8 Å². The molecule has 0 fully saturated rings. The monoisotopic (exact) mass is 394 g/mol. The summed E-state index contributed by atoms with van der Waals surface area (Å²) in [6, 6.07) is 14.9. The molecule has 0 saturated heterocycles. The summed E-state index contributed by atoms with van der Waals surface area (Å²) in [6.45, 7) is 1.88. The SMILES string of the molecule is COc1ccc(Cc2nnc(SCc3cc(=O)n4c(C)cccc4n3)o2)cc1. The maximum atomic E-state index is 12.3. The molecule has 4 aromatic rings. The molecule has 142 valence electrons. The number of aromatic nitrogens is 4. The van der Waals surface area contributed by atoms with Crippen LogP contribution >= 0.6 is 11.8 Å². The van der Waals surface area contributed by atoms with Crippen molar-refractivity contribution in [2.45, 2.75) is 24.3 Å². The van der Waals surface area contributed by atoms with Crippen molar-refractivity contribution in [2.24, 2.45) is 0 Å². The summed E-state index contributed by atoms with van der Waals surface area (Å²) >= 11 is 1.36. The number of pyridine rings is 1. The van der Waals surface area contributed by atoms with E-state index in [-0.39, 0.29) is 5.56 Å². The topological polar surface area (TPSA) is 82.5 Å². The van der Waals surface area contributed by atoms with E-state index in [0.717, 1.165) is 17.0 Å². The van der Waals surface area contributed by atoms with Crippen molar-refractivity contribution < 1.29 is 9.15 Å². The Labute approximate surface area is 165 Å². The molecule has 0 aliphatic rings. The van der Waals surface area contributed by atoms with Gasteiger partial charge in [0.1, 0.15) is 11.4 Å². The molecule has 3 aromatic heterocycles. The van der Waals surface area contributed by atoms with Crippen LogP contribution in [0.25, 0.3) is 5.65 Å². The highest BCUT2D eigenvalue weighted by Gasteiger charge is 2.10. The largest absolute Gasteiger partial charge is 0.497 e. The Hall–Kier alpha value is -3.13. The van der Waals surface area contributed by atoms with Crippen molar-refractivity contribution in [3.05, 3.63) is 81.7 Å². The molecule has 0 aliphatic carbocycles. The van der Waals surface area contributed by atoms with Gasteiger partial charge in [0.15, 0.2) is 0 Å². The van der Waals surface area contributed by atoms with Crippen molar-refractivity contribution >= 4 is 17.4 Å². The lowest BCUT2D eigenvalue weighted by molar-refractivity contribution is 0.413. The van der Waals surface area contributed by atoms with Crippen LogP contribution in [0.2, 0.25) is 0 Å². The third kappa shape index (κ3) is 3.91. The predicted molar refractivity (Wildman–Crippen MR) is 106 cm³/mol. The van der Waals surface area contributed by atoms with E-state index in [9.17, 15) is 4.79 Å². The molecular formula is C20H18N4O3S. The molecule has 0 saturated carbocycles. The first-order chi connectivity index (χ1) is 13.6. The molecule has 0 unspecified atom stereocenters. The molecule has 28 heavy (non-hydrogen) atoms. The van der Waals surface area contributed by atoms with Gasteiger partial charge in [-0.3, -0.25) is 9.20 Å². The number of methoxy groups -OCH3 is 1. The second-order valence-corrected chi connectivity index (χ2v) is 7.15. The summed E-state index contributed by atoms with van der Waals surface area (Å²) in [4.78, 5) is 16.9. The van der Waals surface area contributed by atoms with Crippen LogP contribution in [0, 0.1) is 6.92 Å². The lowest BCUT2D eigenvalue weighted by Gasteiger charge is -2.05. The van der Waals surface area contributed by atoms with E-state index >= 15 is 0 Å². The fourth-order valence-electron chi connectivity index (χ4n) is 2.86. The van der Waals surface area contributed by atoms with Gasteiger partial charge >= 0.3 is 0 Å². The average molecular weight is 394 g/mol. The fourth-order valence-corrected chi connectivity index (χ4v) is 3.53. The van der Waals surface area contributed by atoms with E-state index in [1.54, 1.807) is 17.6 Å². The van der Waals surface area contributed by atoms with E-state index in [0.29, 0.717) is 34.6 Å². The third-order valence-electron chi connectivity index (χ3n) is 4.24. The molecule has 0 bridgehead atoms. The molecule has 0 atom stereocenters. The first-order valence-corrected chi connectivity index (χ1v) is 9.67. The number of thioether (sulfide) groups is 1. The highest BCUT2D eigenvalue weighted by Crippen LogP contribution is 2.22. The van der Waals surface area contributed by atoms with E-state index in [2.05, 4.69) is 15.2 Å². The van der Waals surface area contributed by atoms with E-state index in [4.69, 9.17) is 9.15 Å². The quantitative estimate of drug-likeness (QED) is 0.464. The normalized spacial score (nSPS) is 11.1. The minimum atomic E-state index is -0.0931. The standard InChI is InChI=1S/C20H18N4O3S/c1-13-4-3-5-17-21-15(11-19(25)24(13)17)12-28-20-23-22-18(27-20)10-14-6-8-16(26-2)9-7-14/h3-9,11H,10,12H2,1-2H3. The summed E-state index contributed by atoms with van der Waals surface area (Å²) in [5, 5.41) is 8.61. The molecule has 8 heteroatoms. The Kier molecular flexibility index (Phi) is 5.12. The predicted octanol–water partition coefficient (Wildman–Crippen LogP) is 3.28. The minimum absolute atomic E-state index is 0.0931. The zero-order chi connectivity index (χ0) is 19.5. The molecule has 0 spiro atoms. The number of hydrogen-bond donors (Lipinski definition) is 0. The molecule has 4 rings (SSSR count). The Morgan fingerprint density at radius 2 is 1.96 bits per heavy atom. The van der Waals surface area contributed by atoms with Crippen LogP contribution in [-0.2, 0) is 12.2 Å². The number of fused-ring (bicyclic) bond motifs is 1. The Bertz CT molecular complexity index is 1170. The van der Waals surface area contributed by atoms with Crippen LogP contribution in [0.1, 0.15) is 22.8 Å². The minimum Gasteiger partial charge on any atom is -0.497 e. The number of aryl methyl sites for hydroxylation is 1. The van der Waals surface area contributed by atoms with Crippen molar-refractivity contribution in [3.8, 4) is 5.75 Å². The molecule has 7 nitrogen and oxygen atoms in total. The van der Waals surface area contributed by atoms with Gasteiger partial charge < -0.3 is 9.15 Å². The van der Waals surface area contributed by atoms with Gasteiger partial charge in [0.05, 0.1) is 19.2 Å². The molecule has 3 heterocycles. The summed E-state index contributed by atoms with van der Waals surface area (Å²) < 4.78 is 12.4. The Morgan fingerprint density at radius 1 is 1.14 bits per heavy atom. The number of benzene rings is 1. The van der Waals surface area contributed by atoms with E-state index in [1.165, 1.54) is 11.8 Å². The van der Waals surface area contributed by atoms with E-state index in [1.807, 2.05) is 49.4 Å². The van der Waals surface area contributed by atoms with Gasteiger partial charge in [-0.1, -0.05) is 30.0 Å². The second kappa shape index (κ2) is 7.85. The van der Waals surface area contributed by atoms with Gasteiger partial charge in [-0.15, -0.1) is 10.2 Å². The smallest absolute Gasteiger partial charge is 0.276 e. The molecule has 0 amide bonds. The number of hydrogen-bond acceptors (Lipinski definition) is 7. The molecule has 0 radical (unpaired) electrons. The summed E-state index contributed by atoms with van der Waals surface area (Å²) in [7, 11) is 1.64. The zero-order valence-corrected chi connectivity index (χ0v) is 16.3. The third-order valence-corrected chi connectivity index (χ3v) is 5.09. The summed E-state index contributed by atoms with van der Waals surface area (Å²) in [6.07, 6.45) is 0.548. The first kappa shape index (κ1) is 18.2. The van der Waals surface area contributed by atoms with Crippen LogP contribution in [0.3, 0.4) is 0 Å². The van der Waals surface area contributed by atoms with Crippen molar-refractivity contribution in [1.29, 1.82) is 0 Å². The van der Waals surface area contributed by atoms with Crippen molar-refractivity contribution in [1.82, 2.24) is 19.6 Å². The maximum absolute atomic E-state index is 12.3. The Morgan fingerprint density at radius 3 is 2.75 bits per heavy atom. The average Bonchev–Trinajstić information content (AvgIpc) is 3.14. The summed E-state index contributed by atoms with van der Waals surface area (Å²) in [5.74, 6) is 1.82. The summed E-state index contributed by atoms with van der Waals surface area (Å²) in [5.41, 5.74) is 3.13. The van der Waals surface area contributed by atoms with Crippen LogP contribution in [0.5, 0.6) is 5.75 Å².